The first-order valence-corrected chi connectivity index (χ1v) is 15.3. The van der Waals surface area contributed by atoms with Crippen molar-refractivity contribution in [3.8, 4) is 28.6 Å². The molecule has 1 N–H and O–H groups in total. The van der Waals surface area contributed by atoms with Gasteiger partial charge in [-0.3, -0.25) is 4.79 Å². The molecule has 0 saturated carbocycles. The van der Waals surface area contributed by atoms with Crippen molar-refractivity contribution in [2.75, 3.05) is 19.5 Å². The van der Waals surface area contributed by atoms with E-state index in [1.165, 1.54) is 42.5 Å². The molecular formula is C32H29F3N4O4S. The molecule has 0 saturated heterocycles. The van der Waals surface area contributed by atoms with Crippen LogP contribution in [0.4, 0.5) is 13.2 Å². The molecule has 0 bridgehead atoms. The van der Waals surface area contributed by atoms with Crippen molar-refractivity contribution in [3.05, 3.63) is 83.6 Å². The zero-order valence-electron chi connectivity index (χ0n) is 24.2. The molecule has 0 amide bonds. The van der Waals surface area contributed by atoms with E-state index in [1.54, 1.807) is 23.9 Å². The van der Waals surface area contributed by atoms with Crippen LogP contribution in [-0.4, -0.2) is 45.2 Å². The van der Waals surface area contributed by atoms with E-state index in [2.05, 4.69) is 15.1 Å². The molecule has 3 heterocycles. The highest BCUT2D eigenvalue weighted by Gasteiger charge is 2.37. The van der Waals surface area contributed by atoms with E-state index < -0.39 is 23.0 Å². The number of hydrogen-bond donors (Lipinski definition) is 1. The Balaban J connectivity index is 1.32. The topological polar surface area (TPSA) is 91.3 Å². The van der Waals surface area contributed by atoms with Gasteiger partial charge in [0.05, 0.1) is 34.7 Å². The number of nitrogens with one attached hydrogen (secondary N) is 1. The predicted octanol–water partition coefficient (Wildman–Crippen LogP) is 7.40. The number of carbonyl (C=O) groups is 1. The average Bonchev–Trinajstić information content (AvgIpc) is 3.72. The summed E-state index contributed by atoms with van der Waals surface area (Å²) in [7, 11) is 0. The lowest BCUT2D eigenvalue weighted by Crippen LogP contribution is -2.37. The molecule has 1 atom stereocenters. The lowest BCUT2D eigenvalue weighted by atomic mass is 9.84. The minimum absolute atomic E-state index is 0.0367. The van der Waals surface area contributed by atoms with Crippen LogP contribution in [0.2, 0.25) is 0 Å². The number of aryl methyl sites for hydroxylation is 1. The molecule has 44 heavy (non-hydrogen) atoms. The van der Waals surface area contributed by atoms with Crippen molar-refractivity contribution in [2.45, 2.75) is 43.5 Å². The Bertz CT molecular complexity index is 1870. The zero-order chi connectivity index (χ0) is 31.0. The van der Waals surface area contributed by atoms with Crippen LogP contribution in [0.3, 0.4) is 0 Å². The van der Waals surface area contributed by atoms with Crippen molar-refractivity contribution < 1.29 is 32.2 Å². The van der Waals surface area contributed by atoms with Gasteiger partial charge in [-0.05, 0) is 56.4 Å². The van der Waals surface area contributed by atoms with Crippen LogP contribution in [0.1, 0.15) is 37.8 Å². The van der Waals surface area contributed by atoms with Crippen molar-refractivity contribution in [2.24, 2.45) is 0 Å². The summed E-state index contributed by atoms with van der Waals surface area (Å²) >= 11 is 1.21. The van der Waals surface area contributed by atoms with Gasteiger partial charge in [0.1, 0.15) is 23.6 Å². The van der Waals surface area contributed by atoms with Crippen LogP contribution in [0.25, 0.3) is 22.3 Å². The number of thioether (sulfide) groups is 1. The number of carbonyl (C=O) groups excluding carboxylic acids is 1. The summed E-state index contributed by atoms with van der Waals surface area (Å²) in [5.74, 6) is -2.51. The molecule has 0 fully saturated rings. The van der Waals surface area contributed by atoms with Crippen molar-refractivity contribution in [3.63, 3.8) is 0 Å². The van der Waals surface area contributed by atoms with Gasteiger partial charge in [0.15, 0.2) is 17.4 Å². The number of benzene rings is 3. The van der Waals surface area contributed by atoms with Crippen LogP contribution in [0.15, 0.2) is 59.9 Å². The van der Waals surface area contributed by atoms with Gasteiger partial charge in [-0.2, -0.15) is 4.39 Å². The van der Waals surface area contributed by atoms with Crippen molar-refractivity contribution in [1.29, 1.82) is 0 Å². The summed E-state index contributed by atoms with van der Waals surface area (Å²) < 4.78 is 63.7. The summed E-state index contributed by atoms with van der Waals surface area (Å²) in [5.41, 5.74) is 1.14. The first-order valence-electron chi connectivity index (χ1n) is 14.1. The molecule has 6 rings (SSSR count). The molecule has 1 aliphatic heterocycles. The fourth-order valence-corrected chi connectivity index (χ4v) is 6.22. The molecule has 1 aliphatic rings. The lowest BCUT2D eigenvalue weighted by Gasteiger charge is -2.36. The van der Waals surface area contributed by atoms with E-state index in [4.69, 9.17) is 14.2 Å². The second-order valence-electron chi connectivity index (χ2n) is 10.5. The minimum Gasteiger partial charge on any atom is -0.493 e. The van der Waals surface area contributed by atoms with Gasteiger partial charge in [0.25, 0.3) is 0 Å². The Hall–Kier alpha value is -4.45. The van der Waals surface area contributed by atoms with E-state index in [1.807, 2.05) is 25.1 Å². The van der Waals surface area contributed by atoms with Crippen molar-refractivity contribution in [1.82, 2.24) is 19.7 Å². The minimum atomic E-state index is -1.15. The number of hydrogen-bond acceptors (Lipinski definition) is 7. The van der Waals surface area contributed by atoms with Crippen LogP contribution >= 0.6 is 11.8 Å². The first-order chi connectivity index (χ1) is 21.2. The number of para-hydroxylation sites is 1. The first kappa shape index (κ1) is 29.6. The number of aromatic amines is 1. The molecular weight excluding hydrogens is 593 g/mol. The van der Waals surface area contributed by atoms with Crippen LogP contribution in [-0.2, 0) is 21.5 Å². The van der Waals surface area contributed by atoms with E-state index in [0.29, 0.717) is 42.1 Å². The van der Waals surface area contributed by atoms with Gasteiger partial charge in [-0.15, -0.1) is 16.9 Å². The van der Waals surface area contributed by atoms with Gasteiger partial charge in [0.2, 0.25) is 5.82 Å². The normalized spacial score (nSPS) is 16.0. The number of fused-ring (bicyclic) bond motifs is 2. The van der Waals surface area contributed by atoms with Gasteiger partial charge in [-0.25, -0.2) is 18.4 Å². The molecule has 8 nitrogen and oxygen atoms in total. The standard InChI is InChI=1S/C32H29F3N4O4S/c1-4-41-24(40)11-8-18-6-5-7-22-28(18)42-15-13-32(22,2)39-17-37-31(38-39)21-16-19(9-10-23(21)33)43-29-26(35)25(34)27-20(12-14-36-27)30(29)44-3/h5-7,9-10,12,14,16-17,36H,4,8,11,13,15H2,1-3H3/t32-/m1/s1. The Labute approximate surface area is 255 Å². The maximum Gasteiger partial charge on any atom is 0.306 e. The second-order valence-corrected chi connectivity index (χ2v) is 11.3. The zero-order valence-corrected chi connectivity index (χ0v) is 25.1. The van der Waals surface area contributed by atoms with Gasteiger partial charge < -0.3 is 19.2 Å². The molecule has 0 spiro atoms. The molecule has 0 radical (unpaired) electrons. The third kappa shape index (κ3) is 5.17. The van der Waals surface area contributed by atoms with Gasteiger partial charge in [0, 0.05) is 30.0 Å². The highest BCUT2D eigenvalue weighted by molar-refractivity contribution is 7.99. The monoisotopic (exact) mass is 622 g/mol. The third-order valence-corrected chi connectivity index (χ3v) is 8.64. The predicted molar refractivity (Wildman–Crippen MR) is 160 cm³/mol. The summed E-state index contributed by atoms with van der Waals surface area (Å²) in [6.07, 6.45) is 6.04. The number of rotatable bonds is 9. The number of halogens is 3. The molecule has 228 valence electrons. The Morgan fingerprint density at radius 3 is 2.82 bits per heavy atom. The SMILES string of the molecule is CCOC(=O)CCc1cccc2c1OCC[C@@]2(C)n1cnc(-c2cc(Oc3c(F)c(F)c4[nH]ccc4c3SC)ccc2F)n1. The third-order valence-electron chi connectivity index (χ3n) is 7.83. The molecule has 12 heteroatoms. The van der Waals surface area contributed by atoms with Crippen LogP contribution in [0, 0.1) is 17.5 Å². The second kappa shape index (κ2) is 11.9. The van der Waals surface area contributed by atoms with Gasteiger partial charge >= 0.3 is 5.97 Å². The fraction of sp³-hybridized carbons (Fsp3) is 0.281. The molecule has 3 aromatic carbocycles. The lowest BCUT2D eigenvalue weighted by molar-refractivity contribution is -0.143. The summed E-state index contributed by atoms with van der Waals surface area (Å²) in [4.78, 5) is 19.5. The number of H-pyrrole nitrogens is 1. The fourth-order valence-electron chi connectivity index (χ4n) is 5.52. The van der Waals surface area contributed by atoms with E-state index in [0.717, 1.165) is 11.1 Å². The van der Waals surface area contributed by atoms with Crippen LogP contribution in [0.5, 0.6) is 17.2 Å². The Kier molecular flexibility index (Phi) is 8.02. The number of ether oxygens (including phenoxy) is 3. The maximum absolute atomic E-state index is 15.1. The summed E-state index contributed by atoms with van der Waals surface area (Å²) in [6, 6.07) is 11.3. The molecule has 2 aromatic heterocycles. The molecule has 0 aliphatic carbocycles. The number of nitrogens with zero attached hydrogens (tertiary/aromatic N) is 3. The van der Waals surface area contributed by atoms with E-state index in [-0.39, 0.29) is 40.8 Å². The quantitative estimate of drug-likeness (QED) is 0.135. The van der Waals surface area contributed by atoms with E-state index in [9.17, 15) is 9.18 Å². The number of aromatic nitrogens is 4. The number of esters is 1. The average molecular weight is 623 g/mol. The maximum atomic E-state index is 15.1. The Morgan fingerprint density at radius 1 is 1.18 bits per heavy atom. The van der Waals surface area contributed by atoms with Crippen LogP contribution < -0.4 is 9.47 Å². The smallest absolute Gasteiger partial charge is 0.306 e. The molecule has 5 aromatic rings. The van der Waals surface area contributed by atoms with Crippen molar-refractivity contribution >= 4 is 28.6 Å². The molecule has 0 unspecified atom stereocenters. The van der Waals surface area contributed by atoms with Gasteiger partial charge in [-0.1, -0.05) is 18.2 Å². The highest BCUT2D eigenvalue weighted by Crippen LogP contribution is 2.43. The summed E-state index contributed by atoms with van der Waals surface area (Å²) in [5, 5.41) is 5.12. The van der Waals surface area contributed by atoms with E-state index >= 15 is 8.78 Å². The largest absolute Gasteiger partial charge is 0.493 e. The summed E-state index contributed by atoms with van der Waals surface area (Å²) in [6.45, 7) is 4.49. The Morgan fingerprint density at radius 2 is 2.02 bits per heavy atom. The highest BCUT2D eigenvalue weighted by atomic mass is 32.2.